The van der Waals surface area contributed by atoms with E-state index in [9.17, 15) is 19.7 Å². The normalized spacial score (nSPS) is 14.0. The van der Waals surface area contributed by atoms with Gasteiger partial charge in [0.2, 0.25) is 0 Å². The van der Waals surface area contributed by atoms with E-state index in [1.165, 1.54) is 24.6 Å². The second kappa shape index (κ2) is 11.1. The molecule has 1 fully saturated rings. The SMILES string of the molecule is CCOc1ccc(NC(=O)COC(=O)c2ccc(C3SCCCS3)cc2)c([N+](=O)[O-])c1. The molecule has 10 heteroatoms. The molecule has 1 heterocycles. The Kier molecular flexibility index (Phi) is 8.19. The number of carbonyl (C=O) groups excluding carboxylic acids is 2. The Balaban J connectivity index is 1.55. The van der Waals surface area contributed by atoms with E-state index in [0.717, 1.165) is 17.1 Å². The Morgan fingerprint density at radius 2 is 1.87 bits per heavy atom. The van der Waals surface area contributed by atoms with Crippen LogP contribution in [-0.4, -0.2) is 41.5 Å². The molecule has 0 radical (unpaired) electrons. The highest BCUT2D eigenvalue weighted by Gasteiger charge is 2.20. The molecule has 164 valence electrons. The monoisotopic (exact) mass is 462 g/mol. The van der Waals surface area contributed by atoms with E-state index in [2.05, 4.69) is 5.32 Å². The third-order valence-corrected chi connectivity index (χ3v) is 7.35. The molecular formula is C21H22N2O6S2. The van der Waals surface area contributed by atoms with Crippen molar-refractivity contribution in [2.45, 2.75) is 17.9 Å². The molecule has 0 bridgehead atoms. The number of thioether (sulfide) groups is 2. The van der Waals surface area contributed by atoms with E-state index in [1.807, 2.05) is 35.7 Å². The molecule has 3 rings (SSSR count). The summed E-state index contributed by atoms with van der Waals surface area (Å²) in [6.07, 6.45) is 1.21. The number of benzene rings is 2. The van der Waals surface area contributed by atoms with Gasteiger partial charge in [0.25, 0.3) is 11.6 Å². The second-order valence-corrected chi connectivity index (χ2v) is 9.27. The first-order valence-electron chi connectivity index (χ1n) is 9.69. The van der Waals surface area contributed by atoms with Gasteiger partial charge in [0.05, 0.1) is 27.7 Å². The molecule has 0 aromatic heterocycles. The summed E-state index contributed by atoms with van der Waals surface area (Å²) in [7, 11) is 0. The number of amides is 1. The van der Waals surface area contributed by atoms with E-state index in [-0.39, 0.29) is 11.4 Å². The Labute approximate surface area is 188 Å². The number of hydrogen-bond donors (Lipinski definition) is 1. The molecule has 1 amide bonds. The quantitative estimate of drug-likeness (QED) is 0.343. The number of rotatable bonds is 8. The zero-order chi connectivity index (χ0) is 22.2. The van der Waals surface area contributed by atoms with Crippen LogP contribution >= 0.6 is 23.5 Å². The number of nitrogens with one attached hydrogen (secondary N) is 1. The number of nitro groups is 1. The lowest BCUT2D eigenvalue weighted by molar-refractivity contribution is -0.384. The number of nitro benzene ring substituents is 1. The molecule has 2 aromatic carbocycles. The lowest BCUT2D eigenvalue weighted by atomic mass is 10.1. The first-order valence-corrected chi connectivity index (χ1v) is 11.8. The van der Waals surface area contributed by atoms with Crippen molar-refractivity contribution in [1.82, 2.24) is 0 Å². The van der Waals surface area contributed by atoms with Gasteiger partial charge in [0.1, 0.15) is 11.4 Å². The highest BCUT2D eigenvalue weighted by Crippen LogP contribution is 2.43. The Hall–Kier alpha value is -2.72. The van der Waals surface area contributed by atoms with Crippen molar-refractivity contribution in [2.24, 2.45) is 0 Å². The predicted octanol–water partition coefficient (Wildman–Crippen LogP) is 4.66. The number of hydrogen-bond acceptors (Lipinski definition) is 8. The molecule has 0 aliphatic carbocycles. The minimum absolute atomic E-state index is 0.00124. The summed E-state index contributed by atoms with van der Waals surface area (Å²) in [6, 6.07) is 11.3. The molecule has 31 heavy (non-hydrogen) atoms. The predicted molar refractivity (Wildman–Crippen MR) is 122 cm³/mol. The van der Waals surface area contributed by atoms with Crippen molar-refractivity contribution in [1.29, 1.82) is 0 Å². The van der Waals surface area contributed by atoms with Crippen molar-refractivity contribution in [3.63, 3.8) is 0 Å². The summed E-state index contributed by atoms with van der Waals surface area (Å²) >= 11 is 3.78. The third-order valence-electron chi connectivity index (χ3n) is 4.33. The molecule has 1 N–H and O–H groups in total. The minimum atomic E-state index is -0.674. The van der Waals surface area contributed by atoms with Gasteiger partial charge in [-0.05, 0) is 54.7 Å². The van der Waals surface area contributed by atoms with Gasteiger partial charge < -0.3 is 14.8 Å². The maximum atomic E-state index is 12.2. The molecule has 2 aromatic rings. The van der Waals surface area contributed by atoms with Crippen molar-refractivity contribution in [2.75, 3.05) is 30.0 Å². The molecule has 0 atom stereocenters. The number of carbonyl (C=O) groups is 2. The summed E-state index contributed by atoms with van der Waals surface area (Å²) < 4.78 is 10.7. The second-order valence-electron chi connectivity index (χ2n) is 6.54. The number of anilines is 1. The first-order chi connectivity index (χ1) is 15.0. The molecule has 1 saturated heterocycles. The van der Waals surface area contributed by atoms with E-state index in [4.69, 9.17) is 9.47 Å². The summed E-state index contributed by atoms with van der Waals surface area (Å²) in [5.41, 5.74) is 1.18. The highest BCUT2D eigenvalue weighted by atomic mass is 32.2. The highest BCUT2D eigenvalue weighted by molar-refractivity contribution is 8.16. The average Bonchev–Trinajstić information content (AvgIpc) is 2.79. The van der Waals surface area contributed by atoms with Gasteiger partial charge in [0, 0.05) is 0 Å². The summed E-state index contributed by atoms with van der Waals surface area (Å²) in [4.78, 5) is 35.0. The van der Waals surface area contributed by atoms with Gasteiger partial charge in [0.15, 0.2) is 6.61 Å². The molecule has 1 aliphatic heterocycles. The van der Waals surface area contributed by atoms with Crippen LogP contribution in [0.25, 0.3) is 0 Å². The van der Waals surface area contributed by atoms with Crippen LogP contribution in [0.3, 0.4) is 0 Å². The van der Waals surface area contributed by atoms with E-state index < -0.39 is 23.4 Å². The Bertz CT molecular complexity index is 945. The third kappa shape index (κ3) is 6.38. The van der Waals surface area contributed by atoms with Crippen LogP contribution in [0.15, 0.2) is 42.5 Å². The number of nitrogens with zero attached hydrogens (tertiary/aromatic N) is 1. The Morgan fingerprint density at radius 1 is 1.16 bits per heavy atom. The molecular weight excluding hydrogens is 440 g/mol. The number of esters is 1. The average molecular weight is 463 g/mol. The van der Waals surface area contributed by atoms with Crippen molar-refractivity contribution >= 4 is 46.8 Å². The van der Waals surface area contributed by atoms with Crippen molar-refractivity contribution in [3.05, 3.63) is 63.7 Å². The van der Waals surface area contributed by atoms with Crippen LogP contribution in [-0.2, 0) is 9.53 Å². The van der Waals surface area contributed by atoms with Crippen LogP contribution < -0.4 is 10.1 Å². The standard InChI is InChI=1S/C21H22N2O6S2/c1-2-28-16-8-9-17(18(12-16)23(26)27)22-19(24)13-29-20(25)14-4-6-15(7-5-14)21-30-10-3-11-31-21/h4-9,12,21H,2-3,10-11,13H2,1H3,(H,22,24). The molecule has 0 spiro atoms. The van der Waals surface area contributed by atoms with Crippen molar-refractivity contribution < 1.29 is 24.0 Å². The summed E-state index contributed by atoms with van der Waals surface area (Å²) in [5, 5.41) is 13.7. The summed E-state index contributed by atoms with van der Waals surface area (Å²) in [6.45, 7) is 1.56. The van der Waals surface area contributed by atoms with Crippen LogP contribution in [0.1, 0.15) is 33.8 Å². The van der Waals surface area contributed by atoms with Gasteiger partial charge in [-0.3, -0.25) is 14.9 Å². The molecule has 0 unspecified atom stereocenters. The van der Waals surface area contributed by atoms with Crippen LogP contribution in [0.2, 0.25) is 0 Å². The maximum Gasteiger partial charge on any atom is 0.338 e. The lowest BCUT2D eigenvalue weighted by Gasteiger charge is -2.21. The molecule has 1 aliphatic rings. The van der Waals surface area contributed by atoms with Crippen LogP contribution in [0.4, 0.5) is 11.4 Å². The largest absolute Gasteiger partial charge is 0.494 e. The first kappa shape index (κ1) is 23.0. The maximum absolute atomic E-state index is 12.2. The van der Waals surface area contributed by atoms with Gasteiger partial charge in [-0.2, -0.15) is 0 Å². The minimum Gasteiger partial charge on any atom is -0.494 e. The number of ether oxygens (including phenoxy) is 2. The van der Waals surface area contributed by atoms with Gasteiger partial charge >= 0.3 is 5.97 Å². The fourth-order valence-electron chi connectivity index (χ4n) is 2.88. The van der Waals surface area contributed by atoms with Crippen LogP contribution in [0, 0.1) is 10.1 Å². The lowest BCUT2D eigenvalue weighted by Crippen LogP contribution is -2.21. The topological polar surface area (TPSA) is 108 Å². The summed E-state index contributed by atoms with van der Waals surface area (Å²) in [5.74, 6) is 1.28. The van der Waals surface area contributed by atoms with Gasteiger partial charge in [-0.15, -0.1) is 23.5 Å². The van der Waals surface area contributed by atoms with E-state index >= 15 is 0 Å². The van der Waals surface area contributed by atoms with Gasteiger partial charge in [-0.1, -0.05) is 12.1 Å². The van der Waals surface area contributed by atoms with Crippen LogP contribution in [0.5, 0.6) is 5.75 Å². The van der Waals surface area contributed by atoms with Gasteiger partial charge in [-0.25, -0.2) is 4.79 Å². The zero-order valence-electron chi connectivity index (χ0n) is 16.9. The Morgan fingerprint density at radius 3 is 2.52 bits per heavy atom. The molecule has 0 saturated carbocycles. The van der Waals surface area contributed by atoms with Crippen molar-refractivity contribution in [3.8, 4) is 5.75 Å². The molecule has 8 nitrogen and oxygen atoms in total. The smallest absolute Gasteiger partial charge is 0.338 e. The van der Waals surface area contributed by atoms with E-state index in [0.29, 0.717) is 22.5 Å². The zero-order valence-corrected chi connectivity index (χ0v) is 18.5. The fourth-order valence-corrected chi connectivity index (χ4v) is 5.78. The fraction of sp³-hybridized carbons (Fsp3) is 0.333. The van der Waals surface area contributed by atoms with E-state index in [1.54, 1.807) is 19.1 Å².